The van der Waals surface area contributed by atoms with Crippen LogP contribution in [0, 0.1) is 11.3 Å². The number of halogens is 6. The van der Waals surface area contributed by atoms with Gasteiger partial charge in [0, 0.05) is 33.7 Å². The normalized spacial score (nSPS) is 12.2. The summed E-state index contributed by atoms with van der Waals surface area (Å²) >= 11 is 0. The molecular formula is C43H22F6N4. The Hall–Kier alpha value is -6.91. The van der Waals surface area contributed by atoms with E-state index in [4.69, 9.17) is 9.97 Å². The molecule has 0 atom stereocenters. The van der Waals surface area contributed by atoms with Gasteiger partial charge in [-0.25, -0.2) is 9.97 Å². The van der Waals surface area contributed by atoms with Gasteiger partial charge >= 0.3 is 12.4 Å². The van der Waals surface area contributed by atoms with Crippen LogP contribution in [0.25, 0.3) is 73.8 Å². The molecule has 0 N–H and O–H groups in total. The first-order chi connectivity index (χ1) is 25.5. The maximum Gasteiger partial charge on any atom is 0.417 e. The Morgan fingerprint density at radius 2 is 1.25 bits per heavy atom. The molecule has 0 amide bonds. The van der Waals surface area contributed by atoms with E-state index in [0.29, 0.717) is 62.3 Å². The summed E-state index contributed by atoms with van der Waals surface area (Å²) in [7, 11) is 0. The van der Waals surface area contributed by atoms with Gasteiger partial charge in [0.1, 0.15) is 6.07 Å². The van der Waals surface area contributed by atoms with Crippen molar-refractivity contribution in [2.75, 3.05) is 0 Å². The van der Waals surface area contributed by atoms with E-state index in [9.17, 15) is 31.6 Å². The lowest BCUT2D eigenvalue weighted by atomic mass is 9.95. The Balaban J connectivity index is 1.32. The fraction of sp³-hybridized carbons (Fsp3) is 0.0465. The number of nitriles is 1. The van der Waals surface area contributed by atoms with Crippen molar-refractivity contribution in [2.24, 2.45) is 0 Å². The first-order valence-electron chi connectivity index (χ1n) is 16.2. The highest BCUT2D eigenvalue weighted by Gasteiger charge is 2.38. The lowest BCUT2D eigenvalue weighted by Crippen LogP contribution is -2.12. The van der Waals surface area contributed by atoms with Crippen LogP contribution in [-0.2, 0) is 12.4 Å². The minimum absolute atomic E-state index is 0.0688. The van der Waals surface area contributed by atoms with E-state index in [-0.39, 0.29) is 11.6 Å². The van der Waals surface area contributed by atoms with Gasteiger partial charge in [0.15, 0.2) is 5.82 Å². The van der Waals surface area contributed by atoms with E-state index >= 15 is 0 Å². The number of hydrogen-bond donors (Lipinski definition) is 0. The van der Waals surface area contributed by atoms with Crippen molar-refractivity contribution in [3.63, 3.8) is 0 Å². The molecule has 53 heavy (non-hydrogen) atoms. The maximum atomic E-state index is 14.2. The maximum absolute atomic E-state index is 14.2. The molecule has 0 spiro atoms. The third kappa shape index (κ3) is 6.11. The van der Waals surface area contributed by atoms with Crippen LogP contribution in [0.1, 0.15) is 27.9 Å². The summed E-state index contributed by atoms with van der Waals surface area (Å²) in [6, 6.07) is 34.8. The highest BCUT2D eigenvalue weighted by molar-refractivity contribution is 5.99. The molecule has 1 aliphatic carbocycles. The van der Waals surface area contributed by atoms with E-state index < -0.39 is 29.0 Å². The van der Waals surface area contributed by atoms with Crippen molar-refractivity contribution in [3.05, 3.63) is 161 Å². The van der Waals surface area contributed by atoms with Crippen LogP contribution < -0.4 is 0 Å². The monoisotopic (exact) mass is 708 g/mol. The second-order valence-electron chi connectivity index (χ2n) is 12.2. The van der Waals surface area contributed by atoms with Gasteiger partial charge in [-0.05, 0) is 65.7 Å². The molecule has 0 saturated heterocycles. The Morgan fingerprint density at radius 1 is 0.604 bits per heavy atom. The Kier molecular flexibility index (Phi) is 7.96. The zero-order valence-corrected chi connectivity index (χ0v) is 27.3. The van der Waals surface area contributed by atoms with E-state index in [2.05, 4.69) is 17.5 Å². The molecule has 0 aliphatic heterocycles. The highest BCUT2D eigenvalue weighted by atomic mass is 19.4. The van der Waals surface area contributed by atoms with Crippen LogP contribution >= 0.6 is 0 Å². The summed E-state index contributed by atoms with van der Waals surface area (Å²) in [5.41, 5.74) is 8.91. The second kappa shape index (κ2) is 12.7. The number of alkyl halides is 6. The van der Waals surface area contributed by atoms with Crippen LogP contribution in [0.3, 0.4) is 0 Å². The molecule has 5 aromatic carbocycles. The topological polar surface area (TPSA) is 54.5 Å². The number of fused-ring (bicyclic) bond motifs is 3. The third-order valence-corrected chi connectivity index (χ3v) is 9.00. The van der Waals surface area contributed by atoms with Gasteiger partial charge in [0.25, 0.3) is 0 Å². The van der Waals surface area contributed by atoms with Gasteiger partial charge in [-0.3, -0.25) is 0 Å². The highest BCUT2D eigenvalue weighted by Crippen LogP contribution is 2.43. The van der Waals surface area contributed by atoms with Gasteiger partial charge in [-0.1, -0.05) is 84.3 Å². The van der Waals surface area contributed by atoms with E-state index in [1.54, 1.807) is 41.0 Å². The first-order valence-corrected chi connectivity index (χ1v) is 16.2. The van der Waals surface area contributed by atoms with Gasteiger partial charge < -0.3 is 4.57 Å². The van der Waals surface area contributed by atoms with Crippen LogP contribution in [0.15, 0.2) is 133 Å². The Bertz CT molecular complexity index is 2670. The predicted octanol–water partition coefficient (Wildman–Crippen LogP) is 11.8. The second-order valence-corrected chi connectivity index (χ2v) is 12.2. The average Bonchev–Trinajstić information content (AvgIpc) is 3.50. The van der Waals surface area contributed by atoms with E-state index in [1.165, 1.54) is 12.1 Å². The summed E-state index contributed by atoms with van der Waals surface area (Å²) in [6.45, 7) is 0. The molecule has 256 valence electrons. The van der Waals surface area contributed by atoms with Crippen molar-refractivity contribution in [3.8, 4) is 56.8 Å². The van der Waals surface area contributed by atoms with E-state index in [0.717, 1.165) is 17.2 Å². The molecule has 7 aromatic rings. The smallest absolute Gasteiger partial charge is 0.307 e. The predicted molar refractivity (Wildman–Crippen MR) is 191 cm³/mol. The van der Waals surface area contributed by atoms with Gasteiger partial charge in [-0.2, -0.15) is 31.6 Å². The van der Waals surface area contributed by atoms with Gasteiger partial charge in [0.05, 0.1) is 45.0 Å². The standard InChI is InChI=1S/C43H22F6N4/c44-42(45,46)31-18-19-32(35(23-31)43(47,48)49)28-17-20-39-34(21-28)33-13-7-8-14-38(33)53(39)40-22-29(15-16-30(40)25-50)41-51-36(26-9-3-1-4-10-26)24-37(52-41)27-11-5-2-6-12-27/h1-6,9-24H. The largest absolute Gasteiger partial charge is 0.417 e. The molecule has 1 aliphatic rings. The number of rotatable bonds is 5. The molecular weight excluding hydrogens is 686 g/mol. The number of hydrogen-bond acceptors (Lipinski definition) is 3. The van der Waals surface area contributed by atoms with Crippen LogP contribution in [-0.4, -0.2) is 14.5 Å². The Morgan fingerprint density at radius 3 is 1.87 bits per heavy atom. The molecule has 0 bridgehead atoms. The molecule has 2 aromatic heterocycles. The fourth-order valence-corrected chi connectivity index (χ4v) is 6.53. The molecule has 0 unspecified atom stereocenters. The quantitative estimate of drug-likeness (QED) is 0.132. The first kappa shape index (κ1) is 33.2. The van der Waals surface area contributed by atoms with Crippen molar-refractivity contribution in [1.82, 2.24) is 14.5 Å². The molecule has 8 rings (SSSR count). The zero-order valence-electron chi connectivity index (χ0n) is 27.3. The van der Waals surface area contributed by atoms with Crippen molar-refractivity contribution in [2.45, 2.75) is 12.4 Å². The fourth-order valence-electron chi connectivity index (χ4n) is 6.53. The average molecular weight is 709 g/mol. The summed E-state index contributed by atoms with van der Waals surface area (Å²) in [6.07, 6.45) is -6.72. The van der Waals surface area contributed by atoms with Crippen molar-refractivity contribution in [1.29, 1.82) is 5.26 Å². The number of benzene rings is 5. The Labute approximate surface area is 298 Å². The summed E-state index contributed by atoms with van der Waals surface area (Å²) < 4.78 is 84.6. The lowest BCUT2D eigenvalue weighted by molar-refractivity contribution is -0.142. The van der Waals surface area contributed by atoms with Gasteiger partial charge in [0.2, 0.25) is 0 Å². The molecule has 4 nitrogen and oxygen atoms in total. The molecule has 0 saturated carbocycles. The van der Waals surface area contributed by atoms with Crippen LogP contribution in [0.5, 0.6) is 0 Å². The SMILES string of the molecule is N#Cc1ccc(-c2nc(-c3ccccc3)cc(-c3ccccc3)n2)cc1-n1c2c(c3cc(-c4ccc(C(F)(F)F)cc4C(F)(F)F)ccc31)C=C=C=C2. The minimum Gasteiger partial charge on any atom is -0.307 e. The molecule has 10 heteroatoms. The number of nitrogens with zero attached hydrogens (tertiary/aromatic N) is 4. The van der Waals surface area contributed by atoms with Crippen molar-refractivity contribution < 1.29 is 26.3 Å². The third-order valence-electron chi connectivity index (χ3n) is 9.00. The summed E-state index contributed by atoms with van der Waals surface area (Å²) in [4.78, 5) is 9.84. The van der Waals surface area contributed by atoms with Crippen molar-refractivity contribution >= 4 is 23.1 Å². The molecule has 0 fully saturated rings. The lowest BCUT2D eigenvalue weighted by Gasteiger charge is -2.16. The number of aromatic nitrogens is 3. The molecule has 2 heterocycles. The zero-order chi connectivity index (χ0) is 36.9. The van der Waals surface area contributed by atoms with Gasteiger partial charge in [-0.15, -0.1) is 0 Å². The summed E-state index contributed by atoms with van der Waals surface area (Å²) in [5.74, 6) is 0.404. The van der Waals surface area contributed by atoms with E-state index in [1.807, 2.05) is 66.7 Å². The summed E-state index contributed by atoms with van der Waals surface area (Å²) in [5, 5.41) is 10.8. The minimum atomic E-state index is -5.05. The van der Waals surface area contributed by atoms with Crippen LogP contribution in [0.2, 0.25) is 0 Å². The van der Waals surface area contributed by atoms with Crippen LogP contribution in [0.4, 0.5) is 26.3 Å². The molecule has 0 radical (unpaired) electrons.